The van der Waals surface area contributed by atoms with Gasteiger partial charge in [-0.3, -0.25) is 4.79 Å². The van der Waals surface area contributed by atoms with Gasteiger partial charge in [-0.25, -0.2) is 4.79 Å². The number of alkyl carbamates (subject to hydrolysis) is 1. The fourth-order valence-corrected chi connectivity index (χ4v) is 1.92. The maximum absolute atomic E-state index is 11.7. The third kappa shape index (κ3) is 3.88. The highest BCUT2D eigenvalue weighted by Gasteiger charge is 2.36. The largest absolute Gasteiger partial charge is 0.448 e. The summed E-state index contributed by atoms with van der Waals surface area (Å²) in [5.41, 5.74) is -0.502. The summed E-state index contributed by atoms with van der Waals surface area (Å²) in [4.78, 5) is 23.0. The predicted octanol–water partition coefficient (Wildman–Crippen LogP) is 2.44. The first-order chi connectivity index (χ1) is 8.10. The van der Waals surface area contributed by atoms with Crippen LogP contribution in [0.4, 0.5) is 4.79 Å². The molecule has 1 atom stereocenters. The molecule has 1 rings (SSSR count). The Hall–Kier alpha value is -1.32. The van der Waals surface area contributed by atoms with Crippen LogP contribution in [0.25, 0.3) is 0 Å². The van der Waals surface area contributed by atoms with Crippen molar-refractivity contribution in [2.24, 2.45) is 5.41 Å². The van der Waals surface area contributed by atoms with E-state index in [1.807, 2.05) is 13.0 Å². The molecule has 1 N–H and O–H groups in total. The minimum atomic E-state index is -0.502. The number of allylic oxidation sites excluding steroid dienone is 2. The number of rotatable bonds is 5. The van der Waals surface area contributed by atoms with Crippen LogP contribution in [-0.4, -0.2) is 25.0 Å². The van der Waals surface area contributed by atoms with Gasteiger partial charge in [0.15, 0.2) is 0 Å². The molecule has 0 fully saturated rings. The van der Waals surface area contributed by atoms with Gasteiger partial charge in [0, 0.05) is 6.54 Å². The Labute approximate surface area is 102 Å². The SMILES string of the molecule is CCCNC(=O)OCC1(C(C)=O)CC=CCC1. The van der Waals surface area contributed by atoms with Gasteiger partial charge in [0.1, 0.15) is 12.4 Å². The summed E-state index contributed by atoms with van der Waals surface area (Å²) in [5, 5.41) is 2.64. The summed E-state index contributed by atoms with van der Waals surface area (Å²) in [6.07, 6.45) is 6.82. The van der Waals surface area contributed by atoms with Gasteiger partial charge in [-0.1, -0.05) is 19.1 Å². The summed E-state index contributed by atoms with van der Waals surface area (Å²) in [5.74, 6) is 0.102. The Balaban J connectivity index is 2.48. The maximum Gasteiger partial charge on any atom is 0.407 e. The van der Waals surface area contributed by atoms with Crippen molar-refractivity contribution in [2.75, 3.05) is 13.2 Å². The van der Waals surface area contributed by atoms with E-state index in [0.29, 0.717) is 13.0 Å². The van der Waals surface area contributed by atoms with Crippen LogP contribution < -0.4 is 5.32 Å². The molecular formula is C13H21NO3. The lowest BCUT2D eigenvalue weighted by Crippen LogP contribution is -2.38. The third-order valence-corrected chi connectivity index (χ3v) is 3.21. The first kappa shape index (κ1) is 13.7. The average Bonchev–Trinajstić information content (AvgIpc) is 2.34. The summed E-state index contributed by atoms with van der Waals surface area (Å²) in [6, 6.07) is 0. The highest BCUT2D eigenvalue weighted by molar-refractivity contribution is 5.83. The van der Waals surface area contributed by atoms with E-state index in [1.165, 1.54) is 0 Å². The van der Waals surface area contributed by atoms with Crippen molar-refractivity contribution >= 4 is 11.9 Å². The van der Waals surface area contributed by atoms with Gasteiger partial charge in [-0.15, -0.1) is 0 Å². The second-order valence-electron chi connectivity index (χ2n) is 4.55. The normalized spacial score (nSPS) is 23.2. The molecule has 0 aromatic heterocycles. The molecule has 1 aliphatic carbocycles. The first-order valence-corrected chi connectivity index (χ1v) is 6.17. The second kappa shape index (κ2) is 6.42. The third-order valence-electron chi connectivity index (χ3n) is 3.21. The van der Waals surface area contributed by atoms with E-state index in [1.54, 1.807) is 6.92 Å². The minimum absolute atomic E-state index is 0.102. The number of carbonyl (C=O) groups excluding carboxylic acids is 2. The van der Waals surface area contributed by atoms with E-state index in [0.717, 1.165) is 19.3 Å². The molecule has 0 aromatic carbocycles. The quantitative estimate of drug-likeness (QED) is 0.750. The van der Waals surface area contributed by atoms with Crippen molar-refractivity contribution in [3.8, 4) is 0 Å². The number of carbonyl (C=O) groups is 2. The Morgan fingerprint density at radius 3 is 2.71 bits per heavy atom. The van der Waals surface area contributed by atoms with Gasteiger partial charge in [-0.2, -0.15) is 0 Å². The number of amides is 1. The fourth-order valence-electron chi connectivity index (χ4n) is 1.92. The molecule has 0 aromatic rings. The molecule has 0 saturated carbocycles. The van der Waals surface area contributed by atoms with Gasteiger partial charge in [-0.05, 0) is 32.6 Å². The van der Waals surface area contributed by atoms with E-state index in [-0.39, 0.29) is 12.4 Å². The maximum atomic E-state index is 11.7. The van der Waals surface area contributed by atoms with Crippen LogP contribution in [-0.2, 0) is 9.53 Å². The molecule has 4 heteroatoms. The molecule has 0 radical (unpaired) electrons. The number of hydrogen-bond donors (Lipinski definition) is 1. The van der Waals surface area contributed by atoms with E-state index >= 15 is 0 Å². The smallest absolute Gasteiger partial charge is 0.407 e. The zero-order chi connectivity index (χ0) is 12.7. The van der Waals surface area contributed by atoms with Crippen LogP contribution in [0.1, 0.15) is 39.5 Å². The van der Waals surface area contributed by atoms with Crippen molar-refractivity contribution < 1.29 is 14.3 Å². The van der Waals surface area contributed by atoms with Gasteiger partial charge >= 0.3 is 6.09 Å². The molecule has 0 bridgehead atoms. The van der Waals surface area contributed by atoms with Crippen LogP contribution >= 0.6 is 0 Å². The number of hydrogen-bond acceptors (Lipinski definition) is 3. The Morgan fingerprint density at radius 1 is 1.41 bits per heavy atom. The minimum Gasteiger partial charge on any atom is -0.448 e. The van der Waals surface area contributed by atoms with Crippen LogP contribution in [0.15, 0.2) is 12.2 Å². The molecule has 1 unspecified atom stereocenters. The Bertz CT molecular complexity index is 312. The highest BCUT2D eigenvalue weighted by Crippen LogP contribution is 2.34. The lowest BCUT2D eigenvalue weighted by atomic mass is 9.75. The molecule has 0 saturated heterocycles. The van der Waals surface area contributed by atoms with Gasteiger partial charge in [0.05, 0.1) is 5.41 Å². The van der Waals surface area contributed by atoms with Gasteiger partial charge in [0.25, 0.3) is 0 Å². The summed E-state index contributed by atoms with van der Waals surface area (Å²) >= 11 is 0. The second-order valence-corrected chi connectivity index (χ2v) is 4.55. The van der Waals surface area contributed by atoms with Crippen molar-refractivity contribution in [1.82, 2.24) is 5.32 Å². The molecular weight excluding hydrogens is 218 g/mol. The highest BCUT2D eigenvalue weighted by atomic mass is 16.5. The zero-order valence-corrected chi connectivity index (χ0v) is 10.6. The van der Waals surface area contributed by atoms with Crippen LogP contribution in [0.5, 0.6) is 0 Å². The van der Waals surface area contributed by atoms with Crippen molar-refractivity contribution in [3.05, 3.63) is 12.2 Å². The monoisotopic (exact) mass is 239 g/mol. The fraction of sp³-hybridized carbons (Fsp3) is 0.692. The number of ketones is 1. The van der Waals surface area contributed by atoms with E-state index in [4.69, 9.17) is 4.74 Å². The van der Waals surface area contributed by atoms with Gasteiger partial charge in [0.2, 0.25) is 0 Å². The van der Waals surface area contributed by atoms with Gasteiger partial charge < -0.3 is 10.1 Å². The first-order valence-electron chi connectivity index (χ1n) is 6.17. The van der Waals surface area contributed by atoms with Crippen molar-refractivity contribution in [2.45, 2.75) is 39.5 Å². The molecule has 96 valence electrons. The molecule has 0 aliphatic heterocycles. The standard InChI is InChI=1S/C13H21NO3/c1-3-9-14-12(16)17-10-13(11(2)15)7-5-4-6-8-13/h4-5H,3,6-10H2,1-2H3,(H,14,16). The Kier molecular flexibility index (Phi) is 5.19. The van der Waals surface area contributed by atoms with Crippen LogP contribution in [0.2, 0.25) is 0 Å². The molecule has 1 aliphatic rings. The lowest BCUT2D eigenvalue weighted by Gasteiger charge is -2.31. The summed E-state index contributed by atoms with van der Waals surface area (Å²) in [7, 11) is 0. The zero-order valence-electron chi connectivity index (χ0n) is 10.6. The molecule has 0 heterocycles. The number of nitrogens with one attached hydrogen (secondary N) is 1. The molecule has 17 heavy (non-hydrogen) atoms. The van der Waals surface area contributed by atoms with Crippen LogP contribution in [0, 0.1) is 5.41 Å². The van der Waals surface area contributed by atoms with E-state index in [2.05, 4.69) is 11.4 Å². The number of ether oxygens (including phenoxy) is 1. The topological polar surface area (TPSA) is 55.4 Å². The lowest BCUT2D eigenvalue weighted by molar-refractivity contribution is -0.129. The molecule has 1 amide bonds. The van der Waals surface area contributed by atoms with Crippen molar-refractivity contribution in [3.63, 3.8) is 0 Å². The molecule has 4 nitrogen and oxygen atoms in total. The van der Waals surface area contributed by atoms with Crippen molar-refractivity contribution in [1.29, 1.82) is 0 Å². The predicted molar refractivity (Wildman–Crippen MR) is 65.7 cm³/mol. The summed E-state index contributed by atoms with van der Waals surface area (Å²) in [6.45, 7) is 4.34. The van der Waals surface area contributed by atoms with E-state index in [9.17, 15) is 9.59 Å². The van der Waals surface area contributed by atoms with E-state index < -0.39 is 11.5 Å². The van der Waals surface area contributed by atoms with Crippen LogP contribution in [0.3, 0.4) is 0 Å². The molecule has 0 spiro atoms. The summed E-state index contributed by atoms with van der Waals surface area (Å²) < 4.78 is 5.14. The number of Topliss-reactive ketones (excluding diaryl/α,β-unsaturated/α-hetero) is 1. The average molecular weight is 239 g/mol. The Morgan fingerprint density at radius 2 is 2.18 bits per heavy atom.